The lowest BCUT2D eigenvalue weighted by atomic mass is 10.3. The van der Waals surface area contributed by atoms with Gasteiger partial charge in [0, 0.05) is 6.07 Å². The van der Waals surface area contributed by atoms with Gasteiger partial charge in [0.25, 0.3) is 0 Å². The van der Waals surface area contributed by atoms with Crippen molar-refractivity contribution in [3.05, 3.63) is 34.1 Å². The van der Waals surface area contributed by atoms with Crippen molar-refractivity contribution in [2.24, 2.45) is 0 Å². The third kappa shape index (κ3) is 2.14. The van der Waals surface area contributed by atoms with Gasteiger partial charge in [0.15, 0.2) is 0 Å². The smallest absolute Gasteiger partial charge is 0.144 e. The van der Waals surface area contributed by atoms with Gasteiger partial charge in [-0.3, -0.25) is 0 Å². The van der Waals surface area contributed by atoms with E-state index in [1.165, 1.54) is 11.3 Å². The Morgan fingerprint density at radius 2 is 2.20 bits per heavy atom. The second-order valence-corrected chi connectivity index (χ2v) is 4.62. The number of hydrogen-bond donors (Lipinski definition) is 0. The first-order valence-corrected chi connectivity index (χ1v) is 5.40. The monoisotopic (exact) mass is 235 g/mol. The molecule has 2 heterocycles. The summed E-state index contributed by atoms with van der Waals surface area (Å²) in [4.78, 5) is 9.19. The quantitative estimate of drug-likeness (QED) is 0.763. The van der Waals surface area contributed by atoms with Crippen molar-refractivity contribution >= 4 is 22.9 Å². The minimum absolute atomic E-state index is 0.377. The molecule has 0 aliphatic carbocycles. The lowest BCUT2D eigenvalue weighted by molar-refractivity contribution is 1.04. The van der Waals surface area contributed by atoms with Crippen LogP contribution < -0.4 is 0 Å². The van der Waals surface area contributed by atoms with Crippen molar-refractivity contribution < 1.29 is 0 Å². The number of aromatic nitrogens is 2. The summed E-state index contributed by atoms with van der Waals surface area (Å²) < 4.78 is 0.708. The second kappa shape index (κ2) is 3.97. The van der Waals surface area contributed by atoms with Gasteiger partial charge in [-0.1, -0.05) is 11.6 Å². The fourth-order valence-electron chi connectivity index (χ4n) is 1.20. The van der Waals surface area contributed by atoms with Crippen molar-refractivity contribution in [2.75, 3.05) is 0 Å². The molecule has 0 saturated heterocycles. The average Bonchev–Trinajstić information content (AvgIpc) is 2.64. The molecule has 0 spiro atoms. The zero-order valence-electron chi connectivity index (χ0n) is 7.86. The van der Waals surface area contributed by atoms with E-state index in [0.717, 1.165) is 10.6 Å². The van der Waals surface area contributed by atoms with E-state index in [0.29, 0.717) is 15.9 Å². The minimum atomic E-state index is 0.377. The van der Waals surface area contributed by atoms with Crippen LogP contribution in [-0.4, -0.2) is 9.97 Å². The van der Waals surface area contributed by atoms with Crippen molar-refractivity contribution in [2.45, 2.75) is 6.92 Å². The van der Waals surface area contributed by atoms with Crippen LogP contribution in [0.5, 0.6) is 0 Å². The Bertz CT molecular complexity index is 542. The van der Waals surface area contributed by atoms with Crippen LogP contribution >= 0.6 is 22.9 Å². The summed E-state index contributed by atoms with van der Waals surface area (Å²) in [5, 5.41) is 8.78. The maximum atomic E-state index is 8.78. The van der Waals surface area contributed by atoms with E-state index in [9.17, 15) is 0 Å². The molecule has 0 atom stereocenters. The normalized spacial score (nSPS) is 9.93. The molecule has 0 unspecified atom stereocenters. The molecule has 2 rings (SSSR count). The Balaban J connectivity index is 2.54. The number of thiophene rings is 1. The maximum absolute atomic E-state index is 8.78. The van der Waals surface area contributed by atoms with Crippen LogP contribution in [0.3, 0.4) is 0 Å². The lowest BCUT2D eigenvalue weighted by Crippen LogP contribution is -1.93. The topological polar surface area (TPSA) is 49.6 Å². The number of nitrogens with zero attached hydrogens (tertiary/aromatic N) is 3. The third-order valence-electron chi connectivity index (χ3n) is 1.78. The van der Waals surface area contributed by atoms with E-state index >= 15 is 0 Å². The highest BCUT2D eigenvalue weighted by atomic mass is 35.5. The van der Waals surface area contributed by atoms with E-state index in [-0.39, 0.29) is 0 Å². The molecule has 0 aliphatic rings. The number of halogens is 1. The summed E-state index contributed by atoms with van der Waals surface area (Å²) in [6.45, 7) is 1.76. The lowest BCUT2D eigenvalue weighted by Gasteiger charge is -1.98. The summed E-state index contributed by atoms with van der Waals surface area (Å²) in [6, 6.07) is 7.36. The molecule has 2 aromatic rings. The molecule has 15 heavy (non-hydrogen) atoms. The van der Waals surface area contributed by atoms with E-state index in [4.69, 9.17) is 16.9 Å². The Kier molecular flexibility index (Phi) is 2.67. The van der Waals surface area contributed by atoms with Crippen LogP contribution in [0.4, 0.5) is 0 Å². The molecule has 0 amide bonds. The fraction of sp³-hybridized carbons (Fsp3) is 0.100. The molecule has 0 saturated carbocycles. The highest BCUT2D eigenvalue weighted by Gasteiger charge is 2.06. The van der Waals surface area contributed by atoms with Crippen LogP contribution in [0, 0.1) is 18.3 Å². The molecule has 3 nitrogen and oxygen atoms in total. The molecule has 0 fully saturated rings. The molecular weight excluding hydrogens is 230 g/mol. The highest BCUT2D eigenvalue weighted by molar-refractivity contribution is 7.19. The van der Waals surface area contributed by atoms with Gasteiger partial charge in [0.2, 0.25) is 0 Å². The van der Waals surface area contributed by atoms with Crippen molar-refractivity contribution in [1.29, 1.82) is 5.26 Å². The van der Waals surface area contributed by atoms with Gasteiger partial charge in [-0.15, -0.1) is 11.3 Å². The van der Waals surface area contributed by atoms with Gasteiger partial charge in [-0.2, -0.15) is 5.26 Å². The zero-order chi connectivity index (χ0) is 10.8. The number of hydrogen-bond acceptors (Lipinski definition) is 4. The summed E-state index contributed by atoms with van der Waals surface area (Å²) >= 11 is 7.27. The third-order valence-corrected chi connectivity index (χ3v) is 3.03. The molecule has 0 N–H and O–H groups in total. The summed E-state index contributed by atoms with van der Waals surface area (Å²) in [7, 11) is 0. The highest BCUT2D eigenvalue weighted by Crippen LogP contribution is 2.29. The van der Waals surface area contributed by atoms with E-state index in [1.807, 2.05) is 18.2 Å². The molecule has 0 aliphatic heterocycles. The van der Waals surface area contributed by atoms with E-state index < -0.39 is 0 Å². The van der Waals surface area contributed by atoms with Gasteiger partial charge >= 0.3 is 0 Å². The largest absolute Gasteiger partial charge is 0.232 e. The molecule has 0 aromatic carbocycles. The molecular formula is C10H6ClN3S. The van der Waals surface area contributed by atoms with Crippen molar-refractivity contribution in [3.8, 4) is 16.6 Å². The first kappa shape index (κ1) is 10.1. The van der Waals surface area contributed by atoms with Crippen LogP contribution in [0.15, 0.2) is 18.2 Å². The van der Waals surface area contributed by atoms with Crippen LogP contribution in [0.25, 0.3) is 10.6 Å². The minimum Gasteiger partial charge on any atom is -0.232 e. The predicted octanol–water partition coefficient (Wildman–Crippen LogP) is 3.04. The Labute approximate surface area is 96.0 Å². The molecule has 0 radical (unpaired) electrons. The standard InChI is InChI=1S/C10H6ClN3S/c1-6-13-7(5-12)4-8(14-6)9-2-3-10(11)15-9/h2-4H,1H3. The molecule has 2 aromatic heterocycles. The summed E-state index contributed by atoms with van der Waals surface area (Å²) in [5.41, 5.74) is 1.12. The number of rotatable bonds is 1. The van der Waals surface area contributed by atoms with E-state index in [2.05, 4.69) is 9.97 Å². The van der Waals surface area contributed by atoms with Gasteiger partial charge in [0.1, 0.15) is 17.6 Å². The Morgan fingerprint density at radius 1 is 1.40 bits per heavy atom. The van der Waals surface area contributed by atoms with Crippen molar-refractivity contribution in [3.63, 3.8) is 0 Å². The number of nitriles is 1. The fourth-order valence-corrected chi connectivity index (χ4v) is 2.21. The van der Waals surface area contributed by atoms with Gasteiger partial charge in [0.05, 0.1) is 14.9 Å². The van der Waals surface area contributed by atoms with Gasteiger partial charge in [-0.05, 0) is 19.1 Å². The maximum Gasteiger partial charge on any atom is 0.144 e. The van der Waals surface area contributed by atoms with Crippen LogP contribution in [-0.2, 0) is 0 Å². The average molecular weight is 236 g/mol. The first-order valence-electron chi connectivity index (χ1n) is 4.20. The number of aryl methyl sites for hydroxylation is 1. The second-order valence-electron chi connectivity index (χ2n) is 2.90. The van der Waals surface area contributed by atoms with Crippen molar-refractivity contribution in [1.82, 2.24) is 9.97 Å². The Hall–Kier alpha value is -1.44. The van der Waals surface area contributed by atoms with Gasteiger partial charge < -0.3 is 0 Å². The van der Waals surface area contributed by atoms with E-state index in [1.54, 1.807) is 13.0 Å². The first-order chi connectivity index (χ1) is 7.19. The molecule has 0 bridgehead atoms. The Morgan fingerprint density at radius 3 is 2.80 bits per heavy atom. The summed E-state index contributed by atoms with van der Waals surface area (Å²) in [5.74, 6) is 0.591. The zero-order valence-corrected chi connectivity index (χ0v) is 9.43. The molecule has 74 valence electrons. The van der Waals surface area contributed by atoms with Gasteiger partial charge in [-0.25, -0.2) is 9.97 Å². The van der Waals surface area contributed by atoms with Crippen LogP contribution in [0.1, 0.15) is 11.5 Å². The SMILES string of the molecule is Cc1nc(C#N)cc(-c2ccc(Cl)s2)n1. The van der Waals surface area contributed by atoms with Crippen LogP contribution in [0.2, 0.25) is 4.34 Å². The predicted molar refractivity (Wildman–Crippen MR) is 59.8 cm³/mol. The summed E-state index contributed by atoms with van der Waals surface area (Å²) in [6.07, 6.45) is 0. The molecule has 5 heteroatoms.